The van der Waals surface area contributed by atoms with Gasteiger partial charge in [-0.2, -0.15) is 0 Å². The lowest BCUT2D eigenvalue weighted by Gasteiger charge is -2.19. The SMILES string of the molecule is O=C(c1ccccc1OC(F)(F)F)N1CC[C@@H](CNc2cnc3cc(Cl)ccc3n2)C1. The van der Waals surface area contributed by atoms with Crippen molar-refractivity contribution in [2.24, 2.45) is 5.92 Å². The van der Waals surface area contributed by atoms with E-state index in [0.29, 0.717) is 41.5 Å². The molecule has 1 atom stereocenters. The summed E-state index contributed by atoms with van der Waals surface area (Å²) < 4.78 is 41.9. The maximum atomic E-state index is 12.8. The largest absolute Gasteiger partial charge is 0.573 e. The van der Waals surface area contributed by atoms with E-state index in [1.807, 2.05) is 0 Å². The van der Waals surface area contributed by atoms with Crippen LogP contribution < -0.4 is 10.1 Å². The number of carbonyl (C=O) groups is 1. The van der Waals surface area contributed by atoms with Crippen LogP contribution in [0.15, 0.2) is 48.7 Å². The lowest BCUT2D eigenvalue weighted by atomic mass is 10.1. The van der Waals surface area contributed by atoms with Gasteiger partial charge in [-0.15, -0.1) is 13.2 Å². The topological polar surface area (TPSA) is 67.3 Å². The fourth-order valence-electron chi connectivity index (χ4n) is 3.53. The van der Waals surface area contributed by atoms with E-state index < -0.39 is 18.0 Å². The first-order valence-corrected chi connectivity index (χ1v) is 9.96. The molecule has 3 aromatic rings. The summed E-state index contributed by atoms with van der Waals surface area (Å²) >= 11 is 5.95. The molecule has 0 saturated carbocycles. The Morgan fingerprint density at radius 2 is 2.03 bits per heavy atom. The number of para-hydroxylation sites is 1. The zero-order chi connectivity index (χ0) is 22.0. The summed E-state index contributed by atoms with van der Waals surface area (Å²) in [4.78, 5) is 23.1. The van der Waals surface area contributed by atoms with E-state index in [9.17, 15) is 18.0 Å². The van der Waals surface area contributed by atoms with Crippen LogP contribution in [0.5, 0.6) is 5.75 Å². The van der Waals surface area contributed by atoms with Crippen molar-refractivity contribution in [3.05, 3.63) is 59.2 Å². The van der Waals surface area contributed by atoms with Gasteiger partial charge in [0.05, 0.1) is 22.8 Å². The molecule has 1 N–H and O–H groups in total. The van der Waals surface area contributed by atoms with E-state index in [1.165, 1.54) is 18.2 Å². The van der Waals surface area contributed by atoms with Crippen LogP contribution >= 0.6 is 11.6 Å². The molecule has 0 spiro atoms. The highest BCUT2D eigenvalue weighted by Crippen LogP contribution is 2.29. The van der Waals surface area contributed by atoms with Crippen LogP contribution in [0.1, 0.15) is 16.8 Å². The quantitative estimate of drug-likeness (QED) is 0.607. The monoisotopic (exact) mass is 450 g/mol. The van der Waals surface area contributed by atoms with Crippen LogP contribution in [0.2, 0.25) is 5.02 Å². The number of anilines is 1. The summed E-state index contributed by atoms with van der Waals surface area (Å²) in [6, 6.07) is 10.6. The summed E-state index contributed by atoms with van der Waals surface area (Å²) in [6.45, 7) is 1.43. The molecule has 162 valence electrons. The van der Waals surface area contributed by atoms with Gasteiger partial charge in [-0.3, -0.25) is 9.78 Å². The minimum Gasteiger partial charge on any atom is -0.405 e. The molecule has 4 rings (SSSR count). The number of aromatic nitrogens is 2. The molecule has 31 heavy (non-hydrogen) atoms. The smallest absolute Gasteiger partial charge is 0.405 e. The highest BCUT2D eigenvalue weighted by Gasteiger charge is 2.34. The fraction of sp³-hybridized carbons (Fsp3) is 0.286. The Kier molecular flexibility index (Phi) is 5.86. The highest BCUT2D eigenvalue weighted by atomic mass is 35.5. The maximum absolute atomic E-state index is 12.8. The summed E-state index contributed by atoms with van der Waals surface area (Å²) in [7, 11) is 0. The number of likely N-dealkylation sites (tertiary alicyclic amines) is 1. The second kappa shape index (κ2) is 8.58. The molecular weight excluding hydrogens is 433 g/mol. The predicted octanol–water partition coefficient (Wildman–Crippen LogP) is 4.76. The maximum Gasteiger partial charge on any atom is 0.573 e. The number of nitrogens with one attached hydrogen (secondary N) is 1. The Morgan fingerprint density at radius 3 is 2.84 bits per heavy atom. The van der Waals surface area contributed by atoms with Crippen LogP contribution in [0.25, 0.3) is 11.0 Å². The third kappa shape index (κ3) is 5.16. The van der Waals surface area contributed by atoms with Crippen molar-refractivity contribution in [2.45, 2.75) is 12.8 Å². The van der Waals surface area contributed by atoms with Crippen LogP contribution in [0.4, 0.5) is 19.0 Å². The van der Waals surface area contributed by atoms with Gasteiger partial charge in [-0.25, -0.2) is 4.98 Å². The van der Waals surface area contributed by atoms with Crippen LogP contribution in [0.3, 0.4) is 0 Å². The first-order valence-electron chi connectivity index (χ1n) is 9.59. The highest BCUT2D eigenvalue weighted by molar-refractivity contribution is 6.31. The molecule has 1 amide bonds. The van der Waals surface area contributed by atoms with E-state index in [2.05, 4.69) is 20.0 Å². The predicted molar refractivity (Wildman–Crippen MR) is 110 cm³/mol. The van der Waals surface area contributed by atoms with Gasteiger partial charge in [0, 0.05) is 24.7 Å². The van der Waals surface area contributed by atoms with Gasteiger partial charge in [0.2, 0.25) is 0 Å². The van der Waals surface area contributed by atoms with Gasteiger partial charge >= 0.3 is 6.36 Å². The van der Waals surface area contributed by atoms with Crippen molar-refractivity contribution in [3.8, 4) is 5.75 Å². The van der Waals surface area contributed by atoms with Crippen LogP contribution in [-0.4, -0.2) is 46.8 Å². The molecule has 0 radical (unpaired) electrons. The van der Waals surface area contributed by atoms with Gasteiger partial charge < -0.3 is 15.0 Å². The lowest BCUT2D eigenvalue weighted by Crippen LogP contribution is -2.30. The lowest BCUT2D eigenvalue weighted by molar-refractivity contribution is -0.274. The minimum absolute atomic E-state index is 0.104. The average Bonchev–Trinajstić information content (AvgIpc) is 3.20. The normalized spacial score (nSPS) is 16.5. The number of hydrogen-bond acceptors (Lipinski definition) is 5. The number of benzene rings is 2. The van der Waals surface area contributed by atoms with E-state index in [4.69, 9.17) is 11.6 Å². The fourth-order valence-corrected chi connectivity index (χ4v) is 3.70. The standard InChI is InChI=1S/C21H18ClF3N4O2/c22-14-5-6-16-17(9-14)26-11-19(28-16)27-10-13-7-8-29(12-13)20(30)15-3-1-2-4-18(15)31-21(23,24)25/h1-6,9,11,13H,7-8,10,12H2,(H,27,28)/t13-/m0/s1. The molecule has 0 bridgehead atoms. The summed E-state index contributed by atoms with van der Waals surface area (Å²) in [5.41, 5.74) is 1.29. The molecule has 1 aliphatic heterocycles. The average molecular weight is 451 g/mol. The second-order valence-electron chi connectivity index (χ2n) is 7.22. The van der Waals surface area contributed by atoms with Crippen molar-refractivity contribution in [1.29, 1.82) is 0 Å². The van der Waals surface area contributed by atoms with Crippen LogP contribution in [0, 0.1) is 5.92 Å². The number of halogens is 4. The zero-order valence-electron chi connectivity index (χ0n) is 16.2. The zero-order valence-corrected chi connectivity index (χ0v) is 17.0. The number of hydrogen-bond donors (Lipinski definition) is 1. The molecule has 0 unspecified atom stereocenters. The third-order valence-electron chi connectivity index (χ3n) is 4.99. The van der Waals surface area contributed by atoms with Gasteiger partial charge in [0.1, 0.15) is 11.6 Å². The Hall–Kier alpha value is -3.07. The van der Waals surface area contributed by atoms with E-state index >= 15 is 0 Å². The number of nitrogens with zero attached hydrogens (tertiary/aromatic N) is 3. The molecule has 10 heteroatoms. The third-order valence-corrected chi connectivity index (χ3v) is 5.23. The second-order valence-corrected chi connectivity index (χ2v) is 7.66. The number of amides is 1. The Balaban J connectivity index is 1.38. The number of fused-ring (bicyclic) bond motifs is 1. The summed E-state index contributed by atoms with van der Waals surface area (Å²) in [6.07, 6.45) is -2.53. The van der Waals surface area contributed by atoms with Gasteiger partial charge in [0.15, 0.2) is 0 Å². The first kappa shape index (κ1) is 21.2. The van der Waals surface area contributed by atoms with Gasteiger partial charge in [0.25, 0.3) is 5.91 Å². The minimum atomic E-state index is -4.86. The number of carbonyl (C=O) groups excluding carboxylic acids is 1. The van der Waals surface area contributed by atoms with E-state index in [-0.39, 0.29) is 11.5 Å². The van der Waals surface area contributed by atoms with Crippen molar-refractivity contribution in [1.82, 2.24) is 14.9 Å². The molecule has 2 aromatic carbocycles. The Morgan fingerprint density at radius 1 is 1.23 bits per heavy atom. The van der Waals surface area contributed by atoms with Crippen molar-refractivity contribution in [2.75, 3.05) is 25.0 Å². The van der Waals surface area contributed by atoms with Gasteiger partial charge in [-0.1, -0.05) is 23.7 Å². The van der Waals surface area contributed by atoms with E-state index in [1.54, 1.807) is 29.3 Å². The Labute approximate surface area is 181 Å². The molecule has 0 aliphatic carbocycles. The molecule has 1 saturated heterocycles. The molecule has 1 aliphatic rings. The number of alkyl halides is 3. The number of rotatable bonds is 5. The summed E-state index contributed by atoms with van der Waals surface area (Å²) in [5.74, 6) is -0.247. The molecule has 2 heterocycles. The molecular formula is C21H18ClF3N4O2. The van der Waals surface area contributed by atoms with Gasteiger partial charge in [-0.05, 0) is 42.7 Å². The summed E-state index contributed by atoms with van der Waals surface area (Å²) in [5, 5.41) is 3.80. The van der Waals surface area contributed by atoms with Crippen molar-refractivity contribution >= 4 is 34.4 Å². The van der Waals surface area contributed by atoms with E-state index in [0.717, 1.165) is 12.5 Å². The first-order chi connectivity index (χ1) is 14.8. The van der Waals surface area contributed by atoms with Crippen molar-refractivity contribution < 1.29 is 22.7 Å². The molecule has 1 fully saturated rings. The Bertz CT molecular complexity index is 1110. The van der Waals surface area contributed by atoms with Crippen molar-refractivity contribution in [3.63, 3.8) is 0 Å². The van der Waals surface area contributed by atoms with Crippen LogP contribution in [-0.2, 0) is 0 Å². The molecule has 6 nitrogen and oxygen atoms in total. The number of ether oxygens (including phenoxy) is 1. The molecule has 1 aromatic heterocycles.